The van der Waals surface area contributed by atoms with Gasteiger partial charge in [-0.15, -0.1) is 0 Å². The Morgan fingerprint density at radius 3 is 2.71 bits per heavy atom. The predicted octanol–water partition coefficient (Wildman–Crippen LogP) is 3.56. The van der Waals surface area contributed by atoms with Crippen LogP contribution < -0.4 is 5.32 Å². The summed E-state index contributed by atoms with van der Waals surface area (Å²) >= 11 is 0. The zero-order chi connectivity index (χ0) is 12.1. The Balaban J connectivity index is 1.91. The topological polar surface area (TPSA) is 12.0 Å². The van der Waals surface area contributed by atoms with Gasteiger partial charge in [0.05, 0.1) is 0 Å². The summed E-state index contributed by atoms with van der Waals surface area (Å²) in [6.07, 6.45) is 5.39. The molecule has 2 rings (SSSR count). The number of rotatable bonds is 7. The zero-order valence-electron chi connectivity index (χ0n) is 11.2. The van der Waals surface area contributed by atoms with Gasteiger partial charge in [0.2, 0.25) is 0 Å². The maximum Gasteiger partial charge on any atom is -0.00147 e. The Morgan fingerprint density at radius 1 is 1.29 bits per heavy atom. The molecule has 1 aromatic carbocycles. The van der Waals surface area contributed by atoms with Crippen molar-refractivity contribution in [1.82, 2.24) is 5.32 Å². The van der Waals surface area contributed by atoms with E-state index in [4.69, 9.17) is 0 Å². The fourth-order valence-electron chi connectivity index (χ4n) is 2.56. The third-order valence-corrected chi connectivity index (χ3v) is 3.87. The van der Waals surface area contributed by atoms with E-state index in [0.29, 0.717) is 0 Å². The van der Waals surface area contributed by atoms with Gasteiger partial charge >= 0.3 is 0 Å². The van der Waals surface area contributed by atoms with Crippen molar-refractivity contribution in [2.75, 3.05) is 13.1 Å². The summed E-state index contributed by atoms with van der Waals surface area (Å²) in [5, 5.41) is 3.60. The number of aryl methyl sites for hydroxylation is 1. The van der Waals surface area contributed by atoms with E-state index < -0.39 is 0 Å². The van der Waals surface area contributed by atoms with E-state index in [0.717, 1.165) is 18.4 Å². The van der Waals surface area contributed by atoms with E-state index >= 15 is 0 Å². The molecule has 17 heavy (non-hydrogen) atoms. The van der Waals surface area contributed by atoms with Crippen LogP contribution in [0.5, 0.6) is 0 Å². The molecular weight excluding hydrogens is 206 g/mol. The second-order valence-corrected chi connectivity index (χ2v) is 5.43. The highest BCUT2D eigenvalue weighted by molar-refractivity contribution is 5.26. The molecule has 1 aromatic rings. The maximum absolute atomic E-state index is 3.60. The minimum atomic E-state index is 0.850. The molecule has 1 heteroatoms. The van der Waals surface area contributed by atoms with Crippen molar-refractivity contribution >= 4 is 0 Å². The lowest BCUT2D eigenvalue weighted by Gasteiger charge is -2.18. The highest BCUT2D eigenvalue weighted by Gasteiger charge is 2.30. The number of hydrogen-bond acceptors (Lipinski definition) is 1. The van der Waals surface area contributed by atoms with Crippen LogP contribution >= 0.6 is 0 Å². The van der Waals surface area contributed by atoms with Crippen LogP contribution in [0.1, 0.15) is 37.3 Å². The molecule has 1 aliphatic carbocycles. The standard InChI is InChI=1S/C16H25N/c1-3-10-17-12-16(14-8-9-14)11-15-7-5-4-6-13(15)2/h4-7,14,16-17H,3,8-12H2,1-2H3. The van der Waals surface area contributed by atoms with E-state index in [9.17, 15) is 0 Å². The molecule has 1 atom stereocenters. The lowest BCUT2D eigenvalue weighted by Crippen LogP contribution is -2.26. The van der Waals surface area contributed by atoms with E-state index in [1.54, 1.807) is 5.56 Å². The van der Waals surface area contributed by atoms with Crippen LogP contribution in [0.4, 0.5) is 0 Å². The van der Waals surface area contributed by atoms with Crippen LogP contribution in [0, 0.1) is 18.8 Å². The van der Waals surface area contributed by atoms with Gasteiger partial charge in [0.1, 0.15) is 0 Å². The monoisotopic (exact) mass is 231 g/mol. The minimum Gasteiger partial charge on any atom is -0.316 e. The number of benzene rings is 1. The van der Waals surface area contributed by atoms with Crippen LogP contribution in [0.2, 0.25) is 0 Å². The molecule has 1 unspecified atom stereocenters. The molecule has 1 aliphatic rings. The maximum atomic E-state index is 3.60. The molecule has 1 N–H and O–H groups in total. The van der Waals surface area contributed by atoms with Crippen molar-refractivity contribution in [3.63, 3.8) is 0 Å². The molecule has 0 aromatic heterocycles. The van der Waals surface area contributed by atoms with Crippen LogP contribution in [-0.4, -0.2) is 13.1 Å². The van der Waals surface area contributed by atoms with E-state index in [-0.39, 0.29) is 0 Å². The van der Waals surface area contributed by atoms with Crippen molar-refractivity contribution < 1.29 is 0 Å². The zero-order valence-corrected chi connectivity index (χ0v) is 11.2. The molecule has 1 saturated carbocycles. The Hall–Kier alpha value is -0.820. The van der Waals surface area contributed by atoms with Crippen molar-refractivity contribution in [2.45, 2.75) is 39.5 Å². The Bertz CT molecular complexity index is 341. The fraction of sp³-hybridized carbons (Fsp3) is 0.625. The molecule has 0 saturated heterocycles. The van der Waals surface area contributed by atoms with Crippen molar-refractivity contribution in [3.05, 3.63) is 35.4 Å². The first kappa shape index (κ1) is 12.6. The van der Waals surface area contributed by atoms with Crippen LogP contribution in [0.3, 0.4) is 0 Å². The Labute approximate surface area is 106 Å². The van der Waals surface area contributed by atoms with Gasteiger partial charge < -0.3 is 5.32 Å². The van der Waals surface area contributed by atoms with E-state index in [2.05, 4.69) is 43.4 Å². The van der Waals surface area contributed by atoms with Crippen LogP contribution in [0.15, 0.2) is 24.3 Å². The molecular formula is C16H25N. The molecule has 94 valence electrons. The molecule has 0 bridgehead atoms. The summed E-state index contributed by atoms with van der Waals surface area (Å²) in [5.74, 6) is 1.83. The van der Waals surface area contributed by atoms with Crippen molar-refractivity contribution in [2.24, 2.45) is 11.8 Å². The molecule has 1 nitrogen and oxygen atoms in total. The third-order valence-electron chi connectivity index (χ3n) is 3.87. The first-order chi connectivity index (χ1) is 8.31. The summed E-state index contributed by atoms with van der Waals surface area (Å²) in [7, 11) is 0. The lowest BCUT2D eigenvalue weighted by atomic mass is 9.92. The Morgan fingerprint density at radius 2 is 2.06 bits per heavy atom. The average Bonchev–Trinajstić information content (AvgIpc) is 3.15. The quantitative estimate of drug-likeness (QED) is 0.707. The van der Waals surface area contributed by atoms with Crippen LogP contribution in [0.25, 0.3) is 0 Å². The normalized spacial score (nSPS) is 17.1. The van der Waals surface area contributed by atoms with Gasteiger partial charge in [-0.2, -0.15) is 0 Å². The van der Waals surface area contributed by atoms with Gasteiger partial charge in [0.15, 0.2) is 0 Å². The highest BCUT2D eigenvalue weighted by Crippen LogP contribution is 2.38. The second-order valence-electron chi connectivity index (χ2n) is 5.43. The minimum absolute atomic E-state index is 0.850. The van der Waals surface area contributed by atoms with Gasteiger partial charge in [-0.3, -0.25) is 0 Å². The molecule has 0 heterocycles. The van der Waals surface area contributed by atoms with Crippen molar-refractivity contribution in [1.29, 1.82) is 0 Å². The van der Waals surface area contributed by atoms with Crippen molar-refractivity contribution in [3.8, 4) is 0 Å². The number of hydrogen-bond donors (Lipinski definition) is 1. The summed E-state index contributed by atoms with van der Waals surface area (Å²) in [4.78, 5) is 0. The molecule has 0 radical (unpaired) electrons. The first-order valence-electron chi connectivity index (χ1n) is 7.06. The summed E-state index contributed by atoms with van der Waals surface area (Å²) in [5.41, 5.74) is 3.00. The van der Waals surface area contributed by atoms with Crippen LogP contribution in [-0.2, 0) is 6.42 Å². The fourth-order valence-corrected chi connectivity index (χ4v) is 2.56. The molecule has 0 amide bonds. The third kappa shape index (κ3) is 3.85. The van der Waals surface area contributed by atoms with E-state index in [1.807, 2.05) is 0 Å². The molecule has 0 spiro atoms. The van der Waals surface area contributed by atoms with Gasteiger partial charge in [-0.05, 0) is 68.7 Å². The summed E-state index contributed by atoms with van der Waals surface area (Å²) < 4.78 is 0. The van der Waals surface area contributed by atoms with Gasteiger partial charge in [0.25, 0.3) is 0 Å². The number of nitrogens with one attached hydrogen (secondary N) is 1. The first-order valence-corrected chi connectivity index (χ1v) is 7.06. The largest absolute Gasteiger partial charge is 0.316 e. The SMILES string of the molecule is CCCNCC(Cc1ccccc1C)C1CC1. The van der Waals surface area contributed by atoms with Gasteiger partial charge in [0, 0.05) is 0 Å². The summed E-state index contributed by atoms with van der Waals surface area (Å²) in [6, 6.07) is 8.84. The Kier molecular flexibility index (Phi) is 4.61. The van der Waals surface area contributed by atoms with Gasteiger partial charge in [-0.25, -0.2) is 0 Å². The predicted molar refractivity (Wildman–Crippen MR) is 74.3 cm³/mol. The van der Waals surface area contributed by atoms with Gasteiger partial charge in [-0.1, -0.05) is 31.2 Å². The summed E-state index contributed by atoms with van der Waals surface area (Å²) in [6.45, 7) is 6.84. The molecule has 1 fully saturated rings. The second kappa shape index (κ2) is 6.20. The lowest BCUT2D eigenvalue weighted by molar-refractivity contribution is 0.423. The highest BCUT2D eigenvalue weighted by atomic mass is 14.9. The molecule has 0 aliphatic heterocycles. The smallest absolute Gasteiger partial charge is 0.00147 e. The van der Waals surface area contributed by atoms with E-state index in [1.165, 1.54) is 37.8 Å². The average molecular weight is 231 g/mol.